The molecule has 0 spiro atoms. The van der Waals surface area contributed by atoms with Gasteiger partial charge in [-0.05, 0) is 23.8 Å². The standard InChI is InChI=1S/C21H19F2N5O/c1-15(16-2-5-18(6-3-16)27-9-8-24-13-27)21(29,11-28-14-25-12-26-28)19-7-4-17(22)10-20(19)23/h2-10,12-15,29H,11H2,1H3/t15-,21+/m0/s1. The number of rotatable bonds is 6. The van der Waals surface area contributed by atoms with Crippen LogP contribution in [0.25, 0.3) is 5.69 Å². The van der Waals surface area contributed by atoms with Gasteiger partial charge in [-0.3, -0.25) is 0 Å². The molecular formula is C21H19F2N5O. The number of halogens is 2. The Morgan fingerprint density at radius 2 is 1.86 bits per heavy atom. The monoisotopic (exact) mass is 395 g/mol. The second kappa shape index (κ2) is 7.56. The van der Waals surface area contributed by atoms with Crippen molar-refractivity contribution < 1.29 is 13.9 Å². The summed E-state index contributed by atoms with van der Waals surface area (Å²) >= 11 is 0. The minimum atomic E-state index is -1.68. The Bertz CT molecular complexity index is 1080. The second-order valence-corrected chi connectivity index (χ2v) is 6.92. The highest BCUT2D eigenvalue weighted by Crippen LogP contribution is 2.39. The fourth-order valence-electron chi connectivity index (χ4n) is 3.48. The number of nitrogens with zero attached hydrogens (tertiary/aromatic N) is 5. The lowest BCUT2D eigenvalue weighted by molar-refractivity contribution is -0.0112. The van der Waals surface area contributed by atoms with Gasteiger partial charge in [0.25, 0.3) is 0 Å². The largest absolute Gasteiger partial charge is 0.382 e. The molecule has 8 heteroatoms. The second-order valence-electron chi connectivity index (χ2n) is 6.92. The van der Waals surface area contributed by atoms with Gasteiger partial charge in [0.05, 0.1) is 12.9 Å². The summed E-state index contributed by atoms with van der Waals surface area (Å²) in [7, 11) is 0. The summed E-state index contributed by atoms with van der Waals surface area (Å²) in [5.41, 5.74) is 0.0224. The van der Waals surface area contributed by atoms with Crippen molar-refractivity contribution in [2.24, 2.45) is 0 Å². The first-order valence-corrected chi connectivity index (χ1v) is 9.06. The molecular weight excluding hydrogens is 376 g/mol. The van der Waals surface area contributed by atoms with Crippen LogP contribution >= 0.6 is 0 Å². The minimum absolute atomic E-state index is 0.000543. The summed E-state index contributed by atoms with van der Waals surface area (Å²) in [6, 6.07) is 10.7. The number of aromatic nitrogens is 5. The molecule has 2 atom stereocenters. The zero-order valence-corrected chi connectivity index (χ0v) is 15.7. The van der Waals surface area contributed by atoms with Crippen molar-refractivity contribution in [3.05, 3.63) is 96.6 Å². The predicted octanol–water partition coefficient (Wildman–Crippen LogP) is 3.43. The third-order valence-electron chi connectivity index (χ3n) is 5.18. The van der Waals surface area contributed by atoms with Gasteiger partial charge in [0.2, 0.25) is 0 Å². The Hall–Kier alpha value is -3.39. The lowest BCUT2D eigenvalue weighted by Crippen LogP contribution is -2.38. The van der Waals surface area contributed by atoms with Crippen molar-refractivity contribution in [3.63, 3.8) is 0 Å². The molecule has 0 radical (unpaired) electrons. The van der Waals surface area contributed by atoms with Gasteiger partial charge >= 0.3 is 0 Å². The van der Waals surface area contributed by atoms with E-state index in [0.29, 0.717) is 0 Å². The third-order valence-corrected chi connectivity index (χ3v) is 5.18. The van der Waals surface area contributed by atoms with Crippen molar-refractivity contribution in [2.45, 2.75) is 25.0 Å². The first-order chi connectivity index (χ1) is 14.0. The van der Waals surface area contributed by atoms with Crippen LogP contribution in [0.15, 0.2) is 73.8 Å². The number of imidazole rings is 1. The number of hydrogen-bond acceptors (Lipinski definition) is 4. The van der Waals surface area contributed by atoms with Gasteiger partial charge in [0, 0.05) is 35.6 Å². The van der Waals surface area contributed by atoms with E-state index >= 15 is 0 Å². The summed E-state index contributed by atoms with van der Waals surface area (Å²) < 4.78 is 31.4. The Balaban J connectivity index is 1.74. The first kappa shape index (κ1) is 18.9. The average Bonchev–Trinajstić information content (AvgIpc) is 3.41. The van der Waals surface area contributed by atoms with Crippen molar-refractivity contribution in [1.29, 1.82) is 0 Å². The molecule has 2 heterocycles. The van der Waals surface area contributed by atoms with E-state index in [0.717, 1.165) is 23.4 Å². The number of benzene rings is 2. The summed E-state index contributed by atoms with van der Waals surface area (Å²) in [5, 5.41) is 15.7. The highest BCUT2D eigenvalue weighted by Gasteiger charge is 2.39. The molecule has 0 aliphatic rings. The first-order valence-electron chi connectivity index (χ1n) is 9.06. The molecule has 2 aromatic carbocycles. The highest BCUT2D eigenvalue weighted by molar-refractivity contribution is 5.38. The van der Waals surface area contributed by atoms with Gasteiger partial charge in [-0.15, -0.1) is 0 Å². The zero-order chi connectivity index (χ0) is 20.4. The molecule has 0 aliphatic carbocycles. The maximum absolute atomic E-state index is 14.6. The quantitative estimate of drug-likeness (QED) is 0.543. The molecule has 29 heavy (non-hydrogen) atoms. The van der Waals surface area contributed by atoms with E-state index in [4.69, 9.17) is 0 Å². The molecule has 0 aliphatic heterocycles. The van der Waals surface area contributed by atoms with Gasteiger partial charge in [-0.25, -0.2) is 23.4 Å². The molecule has 0 saturated heterocycles. The topological polar surface area (TPSA) is 68.8 Å². The van der Waals surface area contributed by atoms with Gasteiger partial charge in [-0.2, -0.15) is 5.10 Å². The molecule has 0 fully saturated rings. The number of aliphatic hydroxyl groups is 1. The van der Waals surface area contributed by atoms with E-state index in [1.54, 1.807) is 19.4 Å². The summed E-state index contributed by atoms with van der Waals surface area (Å²) in [5.74, 6) is -2.04. The van der Waals surface area contributed by atoms with E-state index in [-0.39, 0.29) is 12.1 Å². The summed E-state index contributed by atoms with van der Waals surface area (Å²) in [6.07, 6.45) is 7.98. The van der Waals surface area contributed by atoms with E-state index in [1.807, 2.05) is 35.0 Å². The van der Waals surface area contributed by atoms with Gasteiger partial charge in [0.15, 0.2) is 0 Å². The van der Waals surface area contributed by atoms with E-state index in [1.165, 1.54) is 23.4 Å². The van der Waals surface area contributed by atoms with Gasteiger partial charge in [-0.1, -0.05) is 25.1 Å². The summed E-state index contributed by atoms with van der Waals surface area (Å²) in [6.45, 7) is 1.76. The van der Waals surface area contributed by atoms with Crippen molar-refractivity contribution in [3.8, 4) is 5.69 Å². The predicted molar refractivity (Wildman–Crippen MR) is 102 cm³/mol. The lowest BCUT2D eigenvalue weighted by Gasteiger charge is -2.35. The molecule has 2 aromatic heterocycles. The van der Waals surface area contributed by atoms with Crippen LogP contribution in [0.2, 0.25) is 0 Å². The Morgan fingerprint density at radius 3 is 2.48 bits per heavy atom. The molecule has 0 unspecified atom stereocenters. The smallest absolute Gasteiger partial charge is 0.137 e. The zero-order valence-electron chi connectivity index (χ0n) is 15.7. The Morgan fingerprint density at radius 1 is 1.07 bits per heavy atom. The lowest BCUT2D eigenvalue weighted by atomic mass is 9.78. The molecule has 4 rings (SSSR count). The molecule has 148 valence electrons. The van der Waals surface area contributed by atoms with E-state index in [2.05, 4.69) is 15.1 Å². The van der Waals surface area contributed by atoms with Crippen LogP contribution in [0, 0.1) is 11.6 Å². The van der Waals surface area contributed by atoms with Crippen molar-refractivity contribution in [1.82, 2.24) is 24.3 Å². The molecule has 1 N–H and O–H groups in total. The maximum atomic E-state index is 14.6. The molecule has 0 saturated carbocycles. The van der Waals surface area contributed by atoms with Crippen LogP contribution in [0.4, 0.5) is 8.78 Å². The summed E-state index contributed by atoms with van der Waals surface area (Å²) in [4.78, 5) is 7.92. The Labute approximate surface area is 166 Å². The van der Waals surface area contributed by atoms with Crippen LogP contribution in [0.5, 0.6) is 0 Å². The third kappa shape index (κ3) is 3.66. The van der Waals surface area contributed by atoms with Gasteiger partial charge in [0.1, 0.15) is 29.9 Å². The van der Waals surface area contributed by atoms with Gasteiger partial charge < -0.3 is 9.67 Å². The highest BCUT2D eigenvalue weighted by atomic mass is 19.1. The molecule has 0 amide bonds. The number of hydrogen-bond donors (Lipinski definition) is 1. The van der Waals surface area contributed by atoms with Crippen LogP contribution in [-0.2, 0) is 12.1 Å². The van der Waals surface area contributed by atoms with E-state index in [9.17, 15) is 13.9 Å². The normalized spacial score (nSPS) is 14.5. The SMILES string of the molecule is C[C@@H](c1ccc(-n2ccnc2)cc1)[C@](O)(Cn1cncn1)c1ccc(F)cc1F. The fourth-order valence-corrected chi connectivity index (χ4v) is 3.48. The molecule has 0 bridgehead atoms. The van der Waals surface area contributed by atoms with Crippen LogP contribution in [0.1, 0.15) is 24.0 Å². The van der Waals surface area contributed by atoms with Crippen LogP contribution in [-0.4, -0.2) is 29.4 Å². The molecule has 6 nitrogen and oxygen atoms in total. The van der Waals surface area contributed by atoms with Crippen molar-refractivity contribution >= 4 is 0 Å². The molecule has 4 aromatic rings. The Kier molecular flexibility index (Phi) is 4.94. The fraction of sp³-hybridized carbons (Fsp3) is 0.190. The van der Waals surface area contributed by atoms with Crippen LogP contribution in [0.3, 0.4) is 0 Å². The average molecular weight is 395 g/mol. The van der Waals surface area contributed by atoms with Crippen LogP contribution < -0.4 is 0 Å². The van der Waals surface area contributed by atoms with E-state index < -0.39 is 23.2 Å². The van der Waals surface area contributed by atoms with Crippen molar-refractivity contribution in [2.75, 3.05) is 0 Å². The minimum Gasteiger partial charge on any atom is -0.382 e. The maximum Gasteiger partial charge on any atom is 0.137 e.